The number of benzene rings is 2. The Kier molecular flexibility index (Phi) is 6.98. The largest absolute Gasteiger partial charge is 0.385 e. The molecule has 8 heteroatoms. The topological polar surface area (TPSA) is 72.8 Å². The molecule has 2 heterocycles. The van der Waals surface area contributed by atoms with E-state index in [2.05, 4.69) is 15.2 Å². The first-order chi connectivity index (χ1) is 15.5. The van der Waals surface area contributed by atoms with Gasteiger partial charge in [0.05, 0.1) is 10.3 Å². The monoisotopic (exact) mass is 468 g/mol. The van der Waals surface area contributed by atoms with Crippen LogP contribution in [-0.2, 0) is 11.3 Å². The lowest BCUT2D eigenvalue weighted by molar-refractivity contribution is 0.0995. The molecule has 166 valence electrons. The molecule has 0 saturated carbocycles. The molecule has 0 radical (unpaired) electrons. The molecule has 6 nitrogen and oxygen atoms in total. The molecular weight excluding hydrogens is 444 g/mol. The van der Waals surface area contributed by atoms with Gasteiger partial charge in [-0.3, -0.25) is 4.79 Å². The quantitative estimate of drug-likeness (QED) is 0.191. The van der Waals surface area contributed by atoms with Crippen molar-refractivity contribution in [2.45, 2.75) is 37.2 Å². The van der Waals surface area contributed by atoms with E-state index in [4.69, 9.17) is 16.3 Å². The van der Waals surface area contributed by atoms with Crippen molar-refractivity contribution in [1.82, 2.24) is 19.7 Å². The van der Waals surface area contributed by atoms with Crippen LogP contribution in [0, 0.1) is 6.92 Å². The summed E-state index contributed by atoms with van der Waals surface area (Å²) >= 11 is 7.84. The van der Waals surface area contributed by atoms with Crippen LogP contribution < -0.4 is 0 Å². The van der Waals surface area contributed by atoms with Gasteiger partial charge in [0.2, 0.25) is 0 Å². The van der Waals surface area contributed by atoms with Crippen molar-refractivity contribution in [2.75, 3.05) is 13.7 Å². The third-order valence-corrected chi connectivity index (χ3v) is 6.76. The lowest BCUT2D eigenvalue weighted by Gasteiger charge is -2.14. The van der Waals surface area contributed by atoms with Crippen molar-refractivity contribution < 1.29 is 9.53 Å². The minimum atomic E-state index is -0.336. The summed E-state index contributed by atoms with van der Waals surface area (Å²) in [5, 5.41) is 10.7. The number of carbonyl (C=O) groups excluding carboxylic acids is 1. The Morgan fingerprint density at radius 1 is 1.19 bits per heavy atom. The number of methoxy groups -OCH3 is 1. The summed E-state index contributed by atoms with van der Waals surface area (Å²) in [5.41, 5.74) is 3.39. The molecule has 1 atom stereocenters. The Hall–Kier alpha value is -2.61. The van der Waals surface area contributed by atoms with E-state index in [9.17, 15) is 4.79 Å². The lowest BCUT2D eigenvalue weighted by atomic mass is 10.1. The van der Waals surface area contributed by atoms with Crippen molar-refractivity contribution in [1.29, 1.82) is 0 Å². The van der Waals surface area contributed by atoms with Crippen molar-refractivity contribution >= 4 is 40.0 Å². The number of carbonyl (C=O) groups is 1. The fraction of sp³-hybridized carbons (Fsp3) is 0.292. The molecule has 1 unspecified atom stereocenters. The molecule has 0 amide bonds. The smallest absolute Gasteiger partial charge is 0.192 e. The number of hydrogen-bond donors (Lipinski definition) is 1. The first-order valence-corrected chi connectivity index (χ1v) is 11.7. The van der Waals surface area contributed by atoms with Gasteiger partial charge in [0.25, 0.3) is 0 Å². The highest BCUT2D eigenvalue weighted by molar-refractivity contribution is 8.00. The summed E-state index contributed by atoms with van der Waals surface area (Å²) in [6, 6.07) is 15.5. The first-order valence-electron chi connectivity index (χ1n) is 10.5. The lowest BCUT2D eigenvalue weighted by Crippen LogP contribution is -2.16. The van der Waals surface area contributed by atoms with Gasteiger partial charge >= 0.3 is 0 Å². The number of aromatic nitrogens is 4. The molecule has 0 aliphatic carbocycles. The van der Waals surface area contributed by atoms with Gasteiger partial charge in [-0.1, -0.05) is 53.7 Å². The average Bonchev–Trinajstić information content (AvgIpc) is 3.33. The number of nitrogens with zero attached hydrogens (tertiary/aromatic N) is 3. The van der Waals surface area contributed by atoms with Crippen LogP contribution in [0.1, 0.15) is 29.4 Å². The summed E-state index contributed by atoms with van der Waals surface area (Å²) in [7, 11) is 1.68. The highest BCUT2D eigenvalue weighted by atomic mass is 35.5. The van der Waals surface area contributed by atoms with Crippen LogP contribution >= 0.6 is 23.4 Å². The summed E-state index contributed by atoms with van der Waals surface area (Å²) in [5.74, 6) is 0.757. The summed E-state index contributed by atoms with van der Waals surface area (Å²) in [6.45, 7) is 5.13. The van der Waals surface area contributed by atoms with E-state index in [1.54, 1.807) is 7.11 Å². The number of aromatic amines is 1. The van der Waals surface area contributed by atoms with Gasteiger partial charge in [0.15, 0.2) is 16.8 Å². The maximum atomic E-state index is 13.4. The molecule has 1 N–H and O–H groups in total. The van der Waals surface area contributed by atoms with E-state index < -0.39 is 0 Å². The molecule has 0 aliphatic rings. The number of ether oxygens (including phenoxy) is 1. The van der Waals surface area contributed by atoms with Crippen molar-refractivity contribution in [3.05, 3.63) is 64.8 Å². The Bertz CT molecular complexity index is 1250. The number of thioether (sulfide) groups is 1. The molecule has 4 aromatic rings. The molecule has 2 aromatic heterocycles. The number of nitrogens with one attached hydrogen (secondary N) is 1. The molecule has 2 aromatic carbocycles. The average molecular weight is 469 g/mol. The van der Waals surface area contributed by atoms with Crippen LogP contribution in [0.15, 0.2) is 53.7 Å². The number of fused-ring (bicyclic) bond motifs is 1. The highest BCUT2D eigenvalue weighted by Gasteiger charge is 2.25. The third-order valence-electron chi connectivity index (χ3n) is 5.35. The molecule has 32 heavy (non-hydrogen) atoms. The van der Waals surface area contributed by atoms with E-state index in [0.717, 1.165) is 34.1 Å². The Balaban J connectivity index is 1.65. The zero-order valence-electron chi connectivity index (χ0n) is 18.3. The first kappa shape index (κ1) is 22.6. The van der Waals surface area contributed by atoms with Gasteiger partial charge in [-0.05, 0) is 38.5 Å². The van der Waals surface area contributed by atoms with E-state index in [0.29, 0.717) is 29.2 Å². The van der Waals surface area contributed by atoms with Gasteiger partial charge in [-0.15, -0.1) is 10.2 Å². The number of ketones is 1. The summed E-state index contributed by atoms with van der Waals surface area (Å²) < 4.78 is 7.25. The number of halogens is 1. The number of Topliss-reactive ketones (excluding diaryl/α,β-unsaturated/α-hetero) is 1. The Labute approximate surface area is 196 Å². The zero-order valence-corrected chi connectivity index (χ0v) is 19.8. The van der Waals surface area contributed by atoms with Gasteiger partial charge in [-0.2, -0.15) is 0 Å². The minimum Gasteiger partial charge on any atom is -0.385 e. The van der Waals surface area contributed by atoms with E-state index in [-0.39, 0.29) is 11.0 Å². The fourth-order valence-electron chi connectivity index (χ4n) is 3.80. The molecule has 0 bridgehead atoms. The van der Waals surface area contributed by atoms with Crippen molar-refractivity contribution in [3.8, 4) is 11.4 Å². The van der Waals surface area contributed by atoms with Crippen molar-refractivity contribution in [2.24, 2.45) is 0 Å². The zero-order chi connectivity index (χ0) is 22.7. The third kappa shape index (κ3) is 4.46. The predicted molar refractivity (Wildman–Crippen MR) is 130 cm³/mol. The minimum absolute atomic E-state index is 0.0654. The maximum absolute atomic E-state index is 13.4. The fourth-order valence-corrected chi connectivity index (χ4v) is 4.95. The van der Waals surface area contributed by atoms with Crippen LogP contribution in [0.5, 0.6) is 0 Å². The Morgan fingerprint density at radius 2 is 1.94 bits per heavy atom. The van der Waals surface area contributed by atoms with Crippen LogP contribution in [0.3, 0.4) is 0 Å². The van der Waals surface area contributed by atoms with Crippen LogP contribution in [0.4, 0.5) is 0 Å². The molecule has 0 saturated heterocycles. The molecule has 0 aliphatic heterocycles. The second kappa shape index (κ2) is 9.90. The van der Waals surface area contributed by atoms with Gasteiger partial charge in [0, 0.05) is 48.0 Å². The number of hydrogen-bond acceptors (Lipinski definition) is 5. The molecular formula is C24H25ClN4O2S. The van der Waals surface area contributed by atoms with E-state index in [1.807, 2.05) is 66.9 Å². The maximum Gasteiger partial charge on any atom is 0.192 e. The normalized spacial score (nSPS) is 12.4. The SMILES string of the molecule is COCCCn1c(SC(C)C(=O)c2c(C)[nH]c3ccccc23)nnc1-c1ccccc1Cl. The summed E-state index contributed by atoms with van der Waals surface area (Å²) in [6.07, 6.45) is 0.795. The second-order valence-electron chi connectivity index (χ2n) is 7.58. The van der Waals surface area contributed by atoms with Crippen molar-refractivity contribution in [3.63, 3.8) is 0 Å². The molecule has 0 spiro atoms. The number of para-hydroxylation sites is 1. The molecule has 4 rings (SSSR count). The van der Waals surface area contributed by atoms with Gasteiger partial charge in [-0.25, -0.2) is 0 Å². The molecule has 0 fully saturated rings. The van der Waals surface area contributed by atoms with Crippen LogP contribution in [0.2, 0.25) is 5.02 Å². The van der Waals surface area contributed by atoms with Gasteiger partial charge in [0.1, 0.15) is 0 Å². The van der Waals surface area contributed by atoms with E-state index in [1.165, 1.54) is 11.8 Å². The summed E-state index contributed by atoms with van der Waals surface area (Å²) in [4.78, 5) is 16.7. The standard InChI is InChI=1S/C24H25ClN4O2S/c1-15-21(18-10-5-7-12-20(18)26-15)22(30)16(2)32-24-28-27-23(29(24)13-8-14-31-3)17-9-4-6-11-19(17)25/h4-7,9-12,16,26H,8,13-14H2,1-3H3. The van der Waals surface area contributed by atoms with Crippen LogP contribution in [0.25, 0.3) is 22.3 Å². The second-order valence-corrected chi connectivity index (χ2v) is 9.29. The van der Waals surface area contributed by atoms with Gasteiger partial charge < -0.3 is 14.3 Å². The highest BCUT2D eigenvalue weighted by Crippen LogP contribution is 2.33. The number of aryl methyl sites for hydroxylation is 1. The number of H-pyrrole nitrogens is 1. The predicted octanol–water partition coefficient (Wildman–Crippen LogP) is 5.79. The van der Waals surface area contributed by atoms with E-state index >= 15 is 0 Å². The van der Waals surface area contributed by atoms with Crippen LogP contribution in [-0.4, -0.2) is 44.5 Å². The number of rotatable bonds is 9. The Morgan fingerprint density at radius 3 is 2.72 bits per heavy atom.